The summed E-state index contributed by atoms with van der Waals surface area (Å²) in [7, 11) is 0. The number of carbonyl (C=O) groups excluding carboxylic acids is 1. The van der Waals surface area contributed by atoms with Gasteiger partial charge in [0.15, 0.2) is 0 Å². The van der Waals surface area contributed by atoms with Crippen LogP contribution in [0.1, 0.15) is 12.8 Å². The Balaban J connectivity index is 1.90. The molecule has 0 bridgehead atoms. The topological polar surface area (TPSA) is 58.4 Å². The number of carbonyl (C=O) groups is 1. The highest BCUT2D eigenvalue weighted by molar-refractivity contribution is 14.1. The number of nitrogens with one attached hydrogen (secondary N) is 1. The van der Waals surface area contributed by atoms with Gasteiger partial charge >= 0.3 is 6.03 Å². The van der Waals surface area contributed by atoms with E-state index in [4.69, 9.17) is 5.73 Å². The second kappa shape index (κ2) is 5.57. The minimum atomic E-state index is -0.308. The quantitative estimate of drug-likeness (QED) is 0.808. The molecule has 0 atom stereocenters. The van der Waals surface area contributed by atoms with Gasteiger partial charge in [-0.1, -0.05) is 12.1 Å². The number of hydrogen-bond acceptors (Lipinski definition) is 2. The first-order chi connectivity index (χ1) is 8.16. The molecule has 2 amide bonds. The van der Waals surface area contributed by atoms with Crippen LogP contribution in [-0.4, -0.2) is 30.1 Å². The number of urea groups is 1. The van der Waals surface area contributed by atoms with Gasteiger partial charge in [-0.2, -0.15) is 0 Å². The largest absolute Gasteiger partial charge is 0.381 e. The molecule has 1 fully saturated rings. The van der Waals surface area contributed by atoms with Crippen LogP contribution in [0.25, 0.3) is 0 Å². The fraction of sp³-hybridized carbons (Fsp3) is 0.417. The molecule has 1 heterocycles. The van der Waals surface area contributed by atoms with E-state index in [1.54, 1.807) is 4.90 Å². The second-order valence-electron chi connectivity index (χ2n) is 4.22. The van der Waals surface area contributed by atoms with Crippen LogP contribution in [0.5, 0.6) is 0 Å². The van der Waals surface area contributed by atoms with Crippen LogP contribution in [0.2, 0.25) is 0 Å². The summed E-state index contributed by atoms with van der Waals surface area (Å²) in [6.45, 7) is 1.49. The summed E-state index contributed by atoms with van der Waals surface area (Å²) < 4.78 is 1.22. The Morgan fingerprint density at radius 2 is 2.00 bits per heavy atom. The maximum atomic E-state index is 11.0. The molecule has 17 heavy (non-hydrogen) atoms. The summed E-state index contributed by atoms with van der Waals surface area (Å²) in [4.78, 5) is 12.7. The number of amides is 2. The molecule has 3 N–H and O–H groups in total. The fourth-order valence-corrected chi connectivity index (χ4v) is 2.59. The van der Waals surface area contributed by atoms with Gasteiger partial charge in [0.1, 0.15) is 0 Å². The second-order valence-corrected chi connectivity index (χ2v) is 5.39. The van der Waals surface area contributed by atoms with E-state index >= 15 is 0 Å². The number of para-hydroxylation sites is 1. The minimum absolute atomic E-state index is 0.308. The number of hydrogen-bond donors (Lipinski definition) is 2. The first-order valence-electron chi connectivity index (χ1n) is 5.72. The molecule has 2 rings (SSSR count). The van der Waals surface area contributed by atoms with Crippen LogP contribution in [0.3, 0.4) is 0 Å². The molecule has 0 aromatic heterocycles. The summed E-state index contributed by atoms with van der Waals surface area (Å²) in [5, 5.41) is 3.52. The number of piperidine rings is 1. The Kier molecular flexibility index (Phi) is 4.09. The zero-order valence-electron chi connectivity index (χ0n) is 9.53. The van der Waals surface area contributed by atoms with Gasteiger partial charge in [0.2, 0.25) is 0 Å². The first kappa shape index (κ1) is 12.5. The van der Waals surface area contributed by atoms with Gasteiger partial charge in [0, 0.05) is 28.4 Å². The smallest absolute Gasteiger partial charge is 0.314 e. The molecule has 0 radical (unpaired) electrons. The lowest BCUT2D eigenvalue weighted by Gasteiger charge is -2.31. The first-order valence-corrected chi connectivity index (χ1v) is 6.80. The SMILES string of the molecule is NC(=O)N1CCC(Nc2ccccc2I)CC1. The van der Waals surface area contributed by atoms with Crippen molar-refractivity contribution in [2.45, 2.75) is 18.9 Å². The monoisotopic (exact) mass is 345 g/mol. The number of halogens is 1. The third-order valence-corrected chi connectivity index (χ3v) is 3.98. The van der Waals surface area contributed by atoms with Gasteiger partial charge in [-0.3, -0.25) is 0 Å². The van der Waals surface area contributed by atoms with Gasteiger partial charge in [-0.15, -0.1) is 0 Å². The molecule has 0 aliphatic carbocycles. The van der Waals surface area contributed by atoms with Crippen LogP contribution < -0.4 is 11.1 Å². The molecule has 0 spiro atoms. The maximum Gasteiger partial charge on any atom is 0.314 e. The molecule has 0 unspecified atom stereocenters. The third kappa shape index (κ3) is 3.24. The zero-order chi connectivity index (χ0) is 12.3. The molecular formula is C12H16IN3O. The summed E-state index contributed by atoms with van der Waals surface area (Å²) in [6.07, 6.45) is 1.90. The minimum Gasteiger partial charge on any atom is -0.381 e. The fourth-order valence-electron chi connectivity index (χ4n) is 2.04. The molecule has 92 valence electrons. The molecule has 1 saturated heterocycles. The zero-order valence-corrected chi connectivity index (χ0v) is 11.7. The molecular weight excluding hydrogens is 329 g/mol. The van der Waals surface area contributed by atoms with Crippen molar-refractivity contribution in [2.75, 3.05) is 18.4 Å². The molecule has 1 aliphatic heterocycles. The lowest BCUT2D eigenvalue weighted by molar-refractivity contribution is 0.193. The molecule has 5 heteroatoms. The van der Waals surface area contributed by atoms with E-state index in [9.17, 15) is 4.79 Å². The maximum absolute atomic E-state index is 11.0. The Bertz CT molecular complexity index is 402. The van der Waals surface area contributed by atoms with E-state index in [0.717, 1.165) is 25.9 Å². The van der Waals surface area contributed by atoms with E-state index in [0.29, 0.717) is 6.04 Å². The van der Waals surface area contributed by atoms with Crippen molar-refractivity contribution in [1.82, 2.24) is 4.90 Å². The Hall–Kier alpha value is -0.980. The molecule has 1 aromatic carbocycles. The van der Waals surface area contributed by atoms with Gasteiger partial charge in [0.25, 0.3) is 0 Å². The third-order valence-electron chi connectivity index (χ3n) is 3.04. The Morgan fingerprint density at radius 3 is 2.59 bits per heavy atom. The van der Waals surface area contributed by atoms with Crippen LogP contribution in [0.15, 0.2) is 24.3 Å². The normalized spacial score (nSPS) is 16.9. The summed E-state index contributed by atoms with van der Waals surface area (Å²) in [5.41, 5.74) is 6.43. The van der Waals surface area contributed by atoms with E-state index in [2.05, 4.69) is 40.0 Å². The number of likely N-dealkylation sites (tertiary alicyclic amines) is 1. The summed E-state index contributed by atoms with van der Waals surface area (Å²) in [5.74, 6) is 0. The average molecular weight is 345 g/mol. The average Bonchev–Trinajstić information content (AvgIpc) is 2.33. The van der Waals surface area contributed by atoms with E-state index < -0.39 is 0 Å². The van der Waals surface area contributed by atoms with Gasteiger partial charge in [0.05, 0.1) is 0 Å². The summed E-state index contributed by atoms with van der Waals surface area (Å²) >= 11 is 2.32. The molecule has 0 saturated carbocycles. The lowest BCUT2D eigenvalue weighted by Crippen LogP contribution is -2.44. The van der Waals surface area contributed by atoms with E-state index in [-0.39, 0.29) is 6.03 Å². The van der Waals surface area contributed by atoms with Crippen LogP contribution in [0.4, 0.5) is 10.5 Å². The number of nitrogens with zero attached hydrogens (tertiary/aromatic N) is 1. The Morgan fingerprint density at radius 1 is 1.35 bits per heavy atom. The van der Waals surface area contributed by atoms with Crippen molar-refractivity contribution >= 4 is 34.3 Å². The number of primary amides is 1. The van der Waals surface area contributed by atoms with Crippen molar-refractivity contribution in [3.05, 3.63) is 27.8 Å². The van der Waals surface area contributed by atoms with Crippen LogP contribution in [-0.2, 0) is 0 Å². The number of anilines is 1. The van der Waals surface area contributed by atoms with Gasteiger partial charge in [-0.25, -0.2) is 4.79 Å². The van der Waals surface area contributed by atoms with Gasteiger partial charge < -0.3 is 16.0 Å². The van der Waals surface area contributed by atoms with E-state index in [1.807, 2.05) is 12.1 Å². The molecule has 1 aromatic rings. The highest BCUT2D eigenvalue weighted by Crippen LogP contribution is 2.21. The predicted octanol–water partition coefficient (Wildman–Crippen LogP) is 2.25. The van der Waals surface area contributed by atoms with Crippen LogP contribution >= 0.6 is 22.6 Å². The number of rotatable bonds is 2. The standard InChI is InChI=1S/C12H16IN3O/c13-10-3-1-2-4-11(10)15-9-5-7-16(8-6-9)12(14)17/h1-4,9,15H,5-8H2,(H2,14,17). The molecule has 1 aliphatic rings. The van der Waals surface area contributed by atoms with E-state index in [1.165, 1.54) is 9.26 Å². The number of benzene rings is 1. The number of nitrogens with two attached hydrogens (primary N) is 1. The van der Waals surface area contributed by atoms with Crippen molar-refractivity contribution in [3.63, 3.8) is 0 Å². The van der Waals surface area contributed by atoms with Gasteiger partial charge in [-0.05, 0) is 47.6 Å². The van der Waals surface area contributed by atoms with Crippen molar-refractivity contribution in [3.8, 4) is 0 Å². The predicted molar refractivity (Wildman–Crippen MR) is 77.0 cm³/mol. The van der Waals surface area contributed by atoms with Crippen LogP contribution in [0, 0.1) is 3.57 Å². The highest BCUT2D eigenvalue weighted by atomic mass is 127. The Labute approximate surface area is 115 Å². The molecule has 4 nitrogen and oxygen atoms in total. The highest BCUT2D eigenvalue weighted by Gasteiger charge is 2.21. The van der Waals surface area contributed by atoms with Crippen molar-refractivity contribution in [1.29, 1.82) is 0 Å². The summed E-state index contributed by atoms with van der Waals surface area (Å²) in [6, 6.07) is 8.36. The van der Waals surface area contributed by atoms with Crippen molar-refractivity contribution in [2.24, 2.45) is 5.73 Å². The van der Waals surface area contributed by atoms with Crippen molar-refractivity contribution < 1.29 is 4.79 Å². The lowest BCUT2D eigenvalue weighted by atomic mass is 10.1.